The molecule has 2 aromatic heterocycles. The van der Waals surface area contributed by atoms with Gasteiger partial charge in [0.15, 0.2) is 0 Å². The number of rotatable bonds is 2. The van der Waals surface area contributed by atoms with Gasteiger partial charge in [-0.25, -0.2) is 9.78 Å². The minimum Gasteiger partial charge on any atom is -0.455 e. The van der Waals surface area contributed by atoms with Gasteiger partial charge in [0, 0.05) is 6.20 Å². The first kappa shape index (κ1) is 13.2. The van der Waals surface area contributed by atoms with Gasteiger partial charge >= 0.3 is 5.97 Å². The zero-order valence-electron chi connectivity index (χ0n) is 11.3. The fraction of sp³-hybridized carbons (Fsp3) is 0.267. The molecule has 0 bridgehead atoms. The second-order valence-electron chi connectivity index (χ2n) is 5.12. The first-order valence-corrected chi connectivity index (χ1v) is 6.07. The third-order valence-corrected chi connectivity index (χ3v) is 2.28. The average molecular weight is 256 g/mol. The summed E-state index contributed by atoms with van der Waals surface area (Å²) in [6.45, 7) is 5.48. The van der Waals surface area contributed by atoms with Crippen LogP contribution in [0.5, 0.6) is 0 Å². The van der Waals surface area contributed by atoms with Crippen molar-refractivity contribution in [3.63, 3.8) is 0 Å². The van der Waals surface area contributed by atoms with Crippen molar-refractivity contribution < 1.29 is 9.53 Å². The maximum atomic E-state index is 11.9. The summed E-state index contributed by atoms with van der Waals surface area (Å²) in [6.07, 6.45) is 1.69. The number of pyridine rings is 2. The van der Waals surface area contributed by atoms with Crippen LogP contribution >= 0.6 is 0 Å². The highest BCUT2D eigenvalue weighted by Gasteiger charge is 2.19. The van der Waals surface area contributed by atoms with Gasteiger partial charge in [0.2, 0.25) is 0 Å². The van der Waals surface area contributed by atoms with E-state index >= 15 is 0 Å². The molecule has 0 aliphatic heterocycles. The molecule has 0 unspecified atom stereocenters. The molecule has 0 spiro atoms. The first-order valence-electron chi connectivity index (χ1n) is 6.07. The van der Waals surface area contributed by atoms with Crippen LogP contribution in [-0.4, -0.2) is 21.5 Å². The van der Waals surface area contributed by atoms with Crippen LogP contribution in [0.3, 0.4) is 0 Å². The van der Waals surface area contributed by atoms with Crippen LogP contribution in [0.15, 0.2) is 42.6 Å². The van der Waals surface area contributed by atoms with E-state index in [0.717, 1.165) is 5.69 Å². The van der Waals surface area contributed by atoms with E-state index in [0.29, 0.717) is 5.69 Å². The van der Waals surface area contributed by atoms with Gasteiger partial charge in [-0.2, -0.15) is 0 Å². The van der Waals surface area contributed by atoms with Gasteiger partial charge in [0.05, 0.1) is 11.4 Å². The van der Waals surface area contributed by atoms with Crippen LogP contribution in [0.2, 0.25) is 0 Å². The van der Waals surface area contributed by atoms with Gasteiger partial charge in [-0.15, -0.1) is 0 Å². The van der Waals surface area contributed by atoms with E-state index < -0.39 is 11.6 Å². The van der Waals surface area contributed by atoms with Crippen LogP contribution in [-0.2, 0) is 4.74 Å². The SMILES string of the molecule is CC(C)(C)OC(=O)c1cccc(-c2ccccn2)n1. The van der Waals surface area contributed by atoms with Crippen molar-refractivity contribution in [1.29, 1.82) is 0 Å². The van der Waals surface area contributed by atoms with Crippen molar-refractivity contribution in [3.05, 3.63) is 48.3 Å². The lowest BCUT2D eigenvalue weighted by atomic mass is 10.2. The Bertz CT molecular complexity index is 574. The second kappa shape index (κ2) is 5.18. The van der Waals surface area contributed by atoms with E-state index in [1.165, 1.54) is 0 Å². The van der Waals surface area contributed by atoms with E-state index in [2.05, 4.69) is 9.97 Å². The predicted octanol–water partition coefficient (Wildman–Crippen LogP) is 3.10. The fourth-order valence-electron chi connectivity index (χ4n) is 1.54. The van der Waals surface area contributed by atoms with Crippen molar-refractivity contribution in [2.45, 2.75) is 26.4 Å². The summed E-state index contributed by atoms with van der Waals surface area (Å²) in [7, 11) is 0. The lowest BCUT2D eigenvalue weighted by molar-refractivity contribution is 0.00630. The number of aromatic nitrogens is 2. The standard InChI is InChI=1S/C15H16N2O2/c1-15(2,3)19-14(18)13-9-6-8-12(17-13)11-7-4-5-10-16-11/h4-10H,1-3H3. The maximum absolute atomic E-state index is 11.9. The zero-order valence-corrected chi connectivity index (χ0v) is 11.3. The van der Waals surface area contributed by atoms with E-state index in [1.807, 2.05) is 45.0 Å². The molecule has 0 saturated carbocycles. The summed E-state index contributed by atoms with van der Waals surface area (Å²) < 4.78 is 5.29. The Balaban J connectivity index is 2.28. The predicted molar refractivity (Wildman–Crippen MR) is 72.6 cm³/mol. The smallest absolute Gasteiger partial charge is 0.357 e. The van der Waals surface area contributed by atoms with Gasteiger partial charge in [0.25, 0.3) is 0 Å². The van der Waals surface area contributed by atoms with Crippen LogP contribution < -0.4 is 0 Å². The summed E-state index contributed by atoms with van der Waals surface area (Å²) in [5, 5.41) is 0. The number of nitrogens with zero attached hydrogens (tertiary/aromatic N) is 2. The Labute approximate surface area is 112 Å². The highest BCUT2D eigenvalue weighted by atomic mass is 16.6. The number of carbonyl (C=O) groups excluding carboxylic acids is 1. The molecule has 4 nitrogen and oxygen atoms in total. The second-order valence-corrected chi connectivity index (χ2v) is 5.12. The molecule has 0 N–H and O–H groups in total. The van der Waals surface area contributed by atoms with Crippen LogP contribution in [0.4, 0.5) is 0 Å². The molecule has 0 fully saturated rings. The Morgan fingerprint density at radius 1 is 1.05 bits per heavy atom. The number of esters is 1. The van der Waals surface area contributed by atoms with E-state index in [4.69, 9.17) is 4.74 Å². The van der Waals surface area contributed by atoms with Crippen molar-refractivity contribution in [2.75, 3.05) is 0 Å². The van der Waals surface area contributed by atoms with E-state index in [9.17, 15) is 4.79 Å². The van der Waals surface area contributed by atoms with Gasteiger partial charge in [-0.3, -0.25) is 4.98 Å². The topological polar surface area (TPSA) is 52.1 Å². The molecule has 4 heteroatoms. The normalized spacial score (nSPS) is 11.1. The number of carbonyl (C=O) groups is 1. The first-order chi connectivity index (χ1) is 8.96. The molecule has 0 saturated heterocycles. The van der Waals surface area contributed by atoms with E-state index in [1.54, 1.807) is 18.3 Å². The molecule has 0 aliphatic rings. The Hall–Kier alpha value is -2.23. The Morgan fingerprint density at radius 2 is 1.79 bits per heavy atom. The Morgan fingerprint density at radius 3 is 2.42 bits per heavy atom. The van der Waals surface area contributed by atoms with Crippen LogP contribution in [0, 0.1) is 0 Å². The Kier molecular flexibility index (Phi) is 3.60. The monoisotopic (exact) mass is 256 g/mol. The summed E-state index contributed by atoms with van der Waals surface area (Å²) in [6, 6.07) is 10.8. The molecular formula is C15H16N2O2. The van der Waals surface area contributed by atoms with Gasteiger partial charge < -0.3 is 4.74 Å². The largest absolute Gasteiger partial charge is 0.455 e. The molecule has 98 valence electrons. The minimum atomic E-state index is -0.528. The highest BCUT2D eigenvalue weighted by molar-refractivity contribution is 5.88. The number of ether oxygens (including phenoxy) is 1. The third-order valence-electron chi connectivity index (χ3n) is 2.28. The molecule has 0 aliphatic carbocycles. The molecule has 19 heavy (non-hydrogen) atoms. The third kappa shape index (κ3) is 3.61. The summed E-state index contributed by atoms with van der Waals surface area (Å²) >= 11 is 0. The molecule has 2 aromatic rings. The van der Waals surface area contributed by atoms with Gasteiger partial charge in [-0.1, -0.05) is 12.1 Å². The molecule has 0 atom stereocenters. The fourth-order valence-corrected chi connectivity index (χ4v) is 1.54. The molecule has 0 radical (unpaired) electrons. The van der Waals surface area contributed by atoms with Crippen molar-refractivity contribution in [3.8, 4) is 11.4 Å². The zero-order chi connectivity index (χ0) is 13.9. The number of hydrogen-bond acceptors (Lipinski definition) is 4. The number of hydrogen-bond donors (Lipinski definition) is 0. The quantitative estimate of drug-likeness (QED) is 0.775. The van der Waals surface area contributed by atoms with Gasteiger partial charge in [0.1, 0.15) is 11.3 Å². The molecule has 2 rings (SSSR count). The highest BCUT2D eigenvalue weighted by Crippen LogP contribution is 2.16. The molecular weight excluding hydrogens is 240 g/mol. The lowest BCUT2D eigenvalue weighted by Gasteiger charge is -2.19. The molecule has 2 heterocycles. The molecule has 0 amide bonds. The van der Waals surface area contributed by atoms with Crippen molar-refractivity contribution in [1.82, 2.24) is 9.97 Å². The van der Waals surface area contributed by atoms with Gasteiger partial charge in [-0.05, 0) is 45.0 Å². The molecule has 0 aromatic carbocycles. The summed E-state index contributed by atoms with van der Waals surface area (Å²) in [5.41, 5.74) is 1.15. The van der Waals surface area contributed by atoms with Crippen LogP contribution in [0.1, 0.15) is 31.3 Å². The van der Waals surface area contributed by atoms with Crippen LogP contribution in [0.25, 0.3) is 11.4 Å². The minimum absolute atomic E-state index is 0.290. The maximum Gasteiger partial charge on any atom is 0.357 e. The van der Waals surface area contributed by atoms with E-state index in [-0.39, 0.29) is 5.69 Å². The van der Waals surface area contributed by atoms with Crippen molar-refractivity contribution >= 4 is 5.97 Å². The summed E-state index contributed by atoms with van der Waals surface area (Å²) in [4.78, 5) is 20.4. The van der Waals surface area contributed by atoms with Crippen molar-refractivity contribution in [2.24, 2.45) is 0 Å². The summed E-state index contributed by atoms with van der Waals surface area (Å²) in [5.74, 6) is -0.426. The lowest BCUT2D eigenvalue weighted by Crippen LogP contribution is -2.24. The average Bonchev–Trinajstić information content (AvgIpc) is 2.38.